The summed E-state index contributed by atoms with van der Waals surface area (Å²) in [6.45, 7) is 14.9. The largest absolute Gasteiger partial charge is 0.312 e. The van der Waals surface area contributed by atoms with Crippen molar-refractivity contribution in [3.63, 3.8) is 0 Å². The van der Waals surface area contributed by atoms with E-state index in [9.17, 15) is 8.42 Å². The van der Waals surface area contributed by atoms with Crippen LogP contribution in [0.25, 0.3) is 0 Å². The smallest absolute Gasteiger partial charge is 0.152 e. The minimum Gasteiger partial charge on any atom is -0.312 e. The van der Waals surface area contributed by atoms with E-state index in [0.717, 1.165) is 6.54 Å². The van der Waals surface area contributed by atoms with Gasteiger partial charge in [-0.1, -0.05) is 13.8 Å². The van der Waals surface area contributed by atoms with E-state index < -0.39 is 9.84 Å². The van der Waals surface area contributed by atoms with Gasteiger partial charge in [0.2, 0.25) is 0 Å². The Hall–Kier alpha value is -0.0900. The lowest BCUT2D eigenvalue weighted by Crippen LogP contribution is -2.42. The minimum atomic E-state index is -2.91. The topological polar surface area (TPSA) is 46.2 Å². The summed E-state index contributed by atoms with van der Waals surface area (Å²) in [5.41, 5.74) is 0.0867. The molecule has 104 valence electrons. The summed E-state index contributed by atoms with van der Waals surface area (Å²) in [6.07, 6.45) is 0.705. The van der Waals surface area contributed by atoms with Crippen molar-refractivity contribution in [1.29, 1.82) is 0 Å². The van der Waals surface area contributed by atoms with Crippen molar-refractivity contribution in [2.45, 2.75) is 65.7 Å². The SMILES string of the molecule is CC(C)S(=O)(=O)CCC(C)(C)CNC(C)(C)C. The predicted octanol–water partition coefficient (Wildman–Crippen LogP) is 2.61. The van der Waals surface area contributed by atoms with Crippen LogP contribution in [0.3, 0.4) is 0 Å². The van der Waals surface area contributed by atoms with Crippen molar-refractivity contribution in [1.82, 2.24) is 5.32 Å². The van der Waals surface area contributed by atoms with Crippen molar-refractivity contribution in [3.8, 4) is 0 Å². The van der Waals surface area contributed by atoms with E-state index in [2.05, 4.69) is 39.9 Å². The Labute approximate surface area is 107 Å². The normalized spacial score (nSPS) is 14.4. The molecular weight excluding hydrogens is 234 g/mol. The molecule has 0 aliphatic carbocycles. The maximum Gasteiger partial charge on any atom is 0.152 e. The number of hydrogen-bond donors (Lipinski definition) is 1. The molecule has 4 heteroatoms. The molecule has 0 spiro atoms. The average Bonchev–Trinajstić information content (AvgIpc) is 2.11. The van der Waals surface area contributed by atoms with Crippen molar-refractivity contribution in [2.75, 3.05) is 12.3 Å². The molecule has 1 N–H and O–H groups in total. The molecule has 0 saturated carbocycles. The van der Waals surface area contributed by atoms with Gasteiger partial charge in [0.25, 0.3) is 0 Å². The number of hydrogen-bond acceptors (Lipinski definition) is 3. The molecule has 0 aliphatic rings. The van der Waals surface area contributed by atoms with Gasteiger partial charge in [0.05, 0.1) is 11.0 Å². The highest BCUT2D eigenvalue weighted by Crippen LogP contribution is 2.22. The van der Waals surface area contributed by atoms with E-state index in [1.54, 1.807) is 13.8 Å². The van der Waals surface area contributed by atoms with Crippen LogP contribution in [0, 0.1) is 5.41 Å². The maximum atomic E-state index is 11.8. The summed E-state index contributed by atoms with van der Waals surface area (Å²) in [7, 11) is -2.91. The van der Waals surface area contributed by atoms with Crippen molar-refractivity contribution in [2.24, 2.45) is 5.41 Å². The first-order valence-electron chi connectivity index (χ1n) is 6.32. The molecule has 0 saturated heterocycles. The van der Waals surface area contributed by atoms with Crippen LogP contribution in [0.15, 0.2) is 0 Å². The quantitative estimate of drug-likeness (QED) is 0.801. The Kier molecular flexibility index (Phi) is 5.67. The van der Waals surface area contributed by atoms with Gasteiger partial charge in [-0.2, -0.15) is 0 Å². The van der Waals surface area contributed by atoms with Crippen molar-refractivity contribution < 1.29 is 8.42 Å². The second-order valence-corrected chi connectivity index (χ2v) is 9.61. The molecule has 0 aromatic heterocycles. The lowest BCUT2D eigenvalue weighted by molar-refractivity contribution is 0.283. The number of sulfone groups is 1. The zero-order valence-corrected chi connectivity index (χ0v) is 13.2. The Bertz CT molecular complexity index is 324. The van der Waals surface area contributed by atoms with Gasteiger partial charge in [-0.15, -0.1) is 0 Å². The third-order valence-corrected chi connectivity index (χ3v) is 5.09. The Balaban J connectivity index is 4.29. The standard InChI is InChI=1S/C13H29NO2S/c1-11(2)17(15,16)9-8-13(6,7)10-14-12(3,4)5/h11,14H,8-10H2,1-7H3. The molecule has 0 aliphatic heterocycles. The Morgan fingerprint density at radius 2 is 1.53 bits per heavy atom. The molecule has 0 rings (SSSR count). The van der Waals surface area contributed by atoms with E-state index in [1.807, 2.05) is 0 Å². The molecule has 3 nitrogen and oxygen atoms in total. The zero-order valence-electron chi connectivity index (χ0n) is 12.4. The second kappa shape index (κ2) is 5.70. The number of nitrogens with one attached hydrogen (secondary N) is 1. The molecule has 0 bridgehead atoms. The van der Waals surface area contributed by atoms with Gasteiger partial charge in [0.15, 0.2) is 9.84 Å². The van der Waals surface area contributed by atoms with Gasteiger partial charge in [0, 0.05) is 12.1 Å². The Morgan fingerprint density at radius 3 is 1.88 bits per heavy atom. The molecular formula is C13H29NO2S. The van der Waals surface area contributed by atoms with Gasteiger partial charge < -0.3 is 5.32 Å². The van der Waals surface area contributed by atoms with E-state index in [4.69, 9.17) is 0 Å². The fourth-order valence-corrected chi connectivity index (χ4v) is 2.56. The van der Waals surface area contributed by atoms with Gasteiger partial charge >= 0.3 is 0 Å². The maximum absolute atomic E-state index is 11.8. The fourth-order valence-electron chi connectivity index (χ4n) is 1.25. The summed E-state index contributed by atoms with van der Waals surface area (Å²) in [6, 6.07) is 0. The molecule has 0 radical (unpaired) electrons. The first kappa shape index (κ1) is 16.9. The monoisotopic (exact) mass is 263 g/mol. The highest BCUT2D eigenvalue weighted by molar-refractivity contribution is 7.91. The summed E-state index contributed by atoms with van der Waals surface area (Å²) >= 11 is 0. The first-order valence-corrected chi connectivity index (χ1v) is 8.04. The Morgan fingerprint density at radius 1 is 1.06 bits per heavy atom. The summed E-state index contributed by atoms with van der Waals surface area (Å²) in [4.78, 5) is 0. The van der Waals surface area contributed by atoms with Crippen LogP contribution in [-0.2, 0) is 9.84 Å². The van der Waals surface area contributed by atoms with Gasteiger partial charge in [-0.05, 0) is 46.5 Å². The van der Waals surface area contributed by atoms with Crippen LogP contribution in [0.2, 0.25) is 0 Å². The average molecular weight is 263 g/mol. The van der Waals surface area contributed by atoms with Crippen molar-refractivity contribution >= 4 is 9.84 Å². The lowest BCUT2D eigenvalue weighted by atomic mass is 9.89. The molecule has 0 aromatic rings. The van der Waals surface area contributed by atoms with E-state index >= 15 is 0 Å². The molecule has 17 heavy (non-hydrogen) atoms. The van der Waals surface area contributed by atoms with Crippen LogP contribution in [0.5, 0.6) is 0 Å². The van der Waals surface area contributed by atoms with E-state index in [1.165, 1.54) is 0 Å². The highest BCUT2D eigenvalue weighted by Gasteiger charge is 2.25. The summed E-state index contributed by atoms with van der Waals surface area (Å²) in [5.74, 6) is 0.281. The molecule has 0 fully saturated rings. The molecule has 0 unspecified atom stereocenters. The van der Waals surface area contributed by atoms with Gasteiger partial charge in [0.1, 0.15) is 0 Å². The van der Waals surface area contributed by atoms with Crippen LogP contribution in [0.1, 0.15) is 54.9 Å². The molecule has 0 heterocycles. The van der Waals surface area contributed by atoms with Crippen LogP contribution in [-0.4, -0.2) is 31.5 Å². The van der Waals surface area contributed by atoms with E-state index in [-0.39, 0.29) is 22.0 Å². The third-order valence-electron chi connectivity index (χ3n) is 2.88. The highest BCUT2D eigenvalue weighted by atomic mass is 32.2. The lowest BCUT2D eigenvalue weighted by Gasteiger charge is -2.30. The van der Waals surface area contributed by atoms with Crippen molar-refractivity contribution in [3.05, 3.63) is 0 Å². The van der Waals surface area contributed by atoms with Crippen LogP contribution >= 0.6 is 0 Å². The first-order chi connectivity index (χ1) is 7.36. The molecule has 0 amide bonds. The summed E-state index contributed by atoms with van der Waals surface area (Å²) in [5, 5.41) is 3.16. The summed E-state index contributed by atoms with van der Waals surface area (Å²) < 4.78 is 23.5. The third kappa shape index (κ3) is 7.77. The number of rotatable bonds is 6. The fraction of sp³-hybridized carbons (Fsp3) is 1.00. The van der Waals surface area contributed by atoms with Crippen LogP contribution in [0.4, 0.5) is 0 Å². The second-order valence-electron chi connectivity index (χ2n) is 6.93. The van der Waals surface area contributed by atoms with Gasteiger partial charge in [-0.3, -0.25) is 0 Å². The zero-order chi connectivity index (χ0) is 13.9. The minimum absolute atomic E-state index is 0.00917. The molecule has 0 atom stereocenters. The molecule has 0 aromatic carbocycles. The van der Waals surface area contributed by atoms with Gasteiger partial charge in [-0.25, -0.2) is 8.42 Å². The van der Waals surface area contributed by atoms with Crippen LogP contribution < -0.4 is 5.32 Å². The predicted molar refractivity (Wildman–Crippen MR) is 75.1 cm³/mol. The van der Waals surface area contributed by atoms with E-state index in [0.29, 0.717) is 6.42 Å².